The summed E-state index contributed by atoms with van der Waals surface area (Å²) in [5.74, 6) is 0.383. The number of carbonyl (C=O) groups excluding carboxylic acids is 1. The Morgan fingerprint density at radius 3 is 2.36 bits per heavy atom. The summed E-state index contributed by atoms with van der Waals surface area (Å²) in [5, 5.41) is 3.13. The van der Waals surface area contributed by atoms with E-state index in [4.69, 9.17) is 0 Å². The summed E-state index contributed by atoms with van der Waals surface area (Å²) in [7, 11) is -3.64. The van der Waals surface area contributed by atoms with Gasteiger partial charge in [0.1, 0.15) is 4.90 Å². The average Bonchev–Trinajstić information content (AvgIpc) is 3.12. The molecule has 0 unspecified atom stereocenters. The van der Waals surface area contributed by atoms with Crippen molar-refractivity contribution in [3.05, 3.63) is 95.6 Å². The first-order chi connectivity index (χ1) is 16.0. The molecule has 0 saturated carbocycles. The molecule has 0 bridgehead atoms. The number of amidine groups is 1. The number of fused-ring (bicyclic) bond motifs is 1. The maximum absolute atomic E-state index is 13.0. The molecule has 2 heterocycles. The van der Waals surface area contributed by atoms with Crippen LogP contribution in [0.25, 0.3) is 0 Å². The van der Waals surface area contributed by atoms with Crippen LogP contribution in [0.5, 0.6) is 0 Å². The molecular formula is C26H25N3O3S. The number of nitrogens with one attached hydrogen (secondary N) is 1. The number of para-hydroxylation sites is 1. The minimum absolute atomic E-state index is 0.0107. The standard InChI is InChI=1S/C26H25N3O3S/c30-26(27-23-12-6-4-10-21(23)18-19-8-2-1-3-9-19)20-14-16-29(17-15-20)25-22-11-5-7-13-24(22)33(31,32)28-25/h1-13,20H,14-18H2,(H,27,30). The monoisotopic (exact) mass is 459 g/mol. The van der Waals surface area contributed by atoms with E-state index in [0.717, 1.165) is 17.7 Å². The summed E-state index contributed by atoms with van der Waals surface area (Å²) in [4.78, 5) is 15.3. The topological polar surface area (TPSA) is 78.8 Å². The lowest BCUT2D eigenvalue weighted by Gasteiger charge is -2.32. The second-order valence-electron chi connectivity index (χ2n) is 8.46. The van der Waals surface area contributed by atoms with Gasteiger partial charge in [0.2, 0.25) is 5.91 Å². The largest absolute Gasteiger partial charge is 0.355 e. The van der Waals surface area contributed by atoms with Crippen LogP contribution in [0.3, 0.4) is 0 Å². The molecule has 0 atom stereocenters. The molecule has 1 fully saturated rings. The predicted octanol–water partition coefficient (Wildman–Crippen LogP) is 4.08. The minimum atomic E-state index is -3.64. The number of likely N-dealkylation sites (tertiary alicyclic amines) is 1. The first-order valence-electron chi connectivity index (χ1n) is 11.1. The fourth-order valence-corrected chi connectivity index (χ4v) is 5.74. The molecule has 168 valence electrons. The predicted molar refractivity (Wildman–Crippen MR) is 129 cm³/mol. The second-order valence-corrected chi connectivity index (χ2v) is 10.0. The average molecular weight is 460 g/mol. The van der Waals surface area contributed by atoms with E-state index in [1.165, 1.54) is 5.56 Å². The van der Waals surface area contributed by atoms with E-state index in [1.54, 1.807) is 18.2 Å². The number of piperidine rings is 1. The van der Waals surface area contributed by atoms with Gasteiger partial charge in [-0.3, -0.25) is 4.79 Å². The molecule has 7 heteroatoms. The van der Waals surface area contributed by atoms with Crippen molar-refractivity contribution in [1.82, 2.24) is 4.90 Å². The van der Waals surface area contributed by atoms with Gasteiger partial charge >= 0.3 is 0 Å². The first kappa shape index (κ1) is 21.4. The van der Waals surface area contributed by atoms with Gasteiger partial charge in [-0.2, -0.15) is 8.42 Å². The molecule has 3 aromatic rings. The number of sulfonamides is 1. The van der Waals surface area contributed by atoms with Crippen LogP contribution in [-0.2, 0) is 21.2 Å². The van der Waals surface area contributed by atoms with Crippen molar-refractivity contribution in [2.24, 2.45) is 10.3 Å². The van der Waals surface area contributed by atoms with Crippen LogP contribution < -0.4 is 5.32 Å². The van der Waals surface area contributed by atoms with Crippen molar-refractivity contribution in [3.8, 4) is 0 Å². The maximum Gasteiger partial charge on any atom is 0.285 e. The Balaban J connectivity index is 1.25. The Labute approximate surface area is 194 Å². The van der Waals surface area contributed by atoms with Crippen LogP contribution in [0.15, 0.2) is 88.2 Å². The molecule has 0 radical (unpaired) electrons. The summed E-state index contributed by atoms with van der Waals surface area (Å²) in [6, 6.07) is 25.0. The van der Waals surface area contributed by atoms with Crippen LogP contribution in [-0.4, -0.2) is 38.2 Å². The maximum atomic E-state index is 13.0. The molecule has 2 aliphatic rings. The summed E-state index contributed by atoms with van der Waals surface area (Å²) < 4.78 is 28.7. The van der Waals surface area contributed by atoms with E-state index < -0.39 is 10.0 Å². The zero-order valence-corrected chi connectivity index (χ0v) is 19.0. The number of carbonyl (C=O) groups is 1. The van der Waals surface area contributed by atoms with Crippen molar-refractivity contribution in [2.75, 3.05) is 18.4 Å². The molecule has 0 spiro atoms. The van der Waals surface area contributed by atoms with Gasteiger partial charge in [0.25, 0.3) is 10.0 Å². The Morgan fingerprint density at radius 2 is 1.58 bits per heavy atom. The third-order valence-corrected chi connectivity index (χ3v) is 7.62. The van der Waals surface area contributed by atoms with E-state index in [0.29, 0.717) is 37.3 Å². The third-order valence-electron chi connectivity index (χ3n) is 6.29. The summed E-state index contributed by atoms with van der Waals surface area (Å²) in [6.07, 6.45) is 2.05. The molecule has 2 aliphatic heterocycles. The number of amides is 1. The lowest BCUT2D eigenvalue weighted by molar-refractivity contribution is -0.121. The lowest BCUT2D eigenvalue weighted by Crippen LogP contribution is -2.41. The first-order valence-corrected chi connectivity index (χ1v) is 12.6. The highest BCUT2D eigenvalue weighted by molar-refractivity contribution is 7.90. The number of hydrogen-bond acceptors (Lipinski definition) is 4. The van der Waals surface area contributed by atoms with E-state index >= 15 is 0 Å². The van der Waals surface area contributed by atoms with Crippen LogP contribution >= 0.6 is 0 Å². The zero-order chi connectivity index (χ0) is 22.8. The molecule has 0 aromatic heterocycles. The number of anilines is 1. The van der Waals surface area contributed by atoms with Crippen LogP contribution in [0.1, 0.15) is 29.5 Å². The molecule has 6 nitrogen and oxygen atoms in total. The Bertz CT molecular complexity index is 1310. The van der Waals surface area contributed by atoms with Gasteiger partial charge in [0.05, 0.1) is 0 Å². The SMILES string of the molecule is O=C(Nc1ccccc1Cc1ccccc1)C1CCN(C2=NS(=O)(=O)c3ccccc32)CC1. The number of rotatable bonds is 4. The normalized spacial score (nSPS) is 17.3. The highest BCUT2D eigenvalue weighted by Gasteiger charge is 2.34. The fourth-order valence-electron chi connectivity index (χ4n) is 4.52. The molecule has 1 amide bonds. The van der Waals surface area contributed by atoms with Gasteiger partial charge in [-0.05, 0) is 48.6 Å². The molecule has 0 aliphatic carbocycles. The zero-order valence-electron chi connectivity index (χ0n) is 18.1. The van der Waals surface area contributed by atoms with E-state index in [2.05, 4.69) is 21.8 Å². The fraction of sp³-hybridized carbons (Fsp3) is 0.231. The van der Waals surface area contributed by atoms with Crippen LogP contribution in [0.2, 0.25) is 0 Å². The molecule has 1 N–H and O–H groups in total. The Hall–Kier alpha value is -3.45. The minimum Gasteiger partial charge on any atom is -0.355 e. The molecule has 1 saturated heterocycles. The van der Waals surface area contributed by atoms with Gasteiger partial charge < -0.3 is 10.2 Å². The van der Waals surface area contributed by atoms with Crippen molar-refractivity contribution >= 4 is 27.5 Å². The summed E-state index contributed by atoms with van der Waals surface area (Å²) >= 11 is 0. The molecule has 3 aromatic carbocycles. The van der Waals surface area contributed by atoms with Gasteiger partial charge in [-0.25, -0.2) is 0 Å². The third kappa shape index (κ3) is 4.41. The number of benzene rings is 3. The van der Waals surface area contributed by atoms with E-state index in [1.807, 2.05) is 53.4 Å². The summed E-state index contributed by atoms with van der Waals surface area (Å²) in [5.41, 5.74) is 3.76. The van der Waals surface area contributed by atoms with Gasteiger partial charge in [-0.1, -0.05) is 60.7 Å². The summed E-state index contributed by atoms with van der Waals surface area (Å²) in [6.45, 7) is 1.18. The second kappa shape index (κ2) is 8.83. The van der Waals surface area contributed by atoms with Crippen LogP contribution in [0.4, 0.5) is 5.69 Å². The smallest absolute Gasteiger partial charge is 0.285 e. The molecular weight excluding hydrogens is 434 g/mol. The molecule has 33 heavy (non-hydrogen) atoms. The van der Waals surface area contributed by atoms with Gasteiger partial charge in [-0.15, -0.1) is 4.40 Å². The van der Waals surface area contributed by atoms with Gasteiger partial charge in [0, 0.05) is 30.3 Å². The van der Waals surface area contributed by atoms with Crippen molar-refractivity contribution in [1.29, 1.82) is 0 Å². The van der Waals surface area contributed by atoms with Crippen LogP contribution in [0, 0.1) is 5.92 Å². The van der Waals surface area contributed by atoms with Crippen molar-refractivity contribution in [2.45, 2.75) is 24.2 Å². The number of hydrogen-bond donors (Lipinski definition) is 1. The van der Waals surface area contributed by atoms with Crippen molar-refractivity contribution < 1.29 is 13.2 Å². The van der Waals surface area contributed by atoms with E-state index in [9.17, 15) is 13.2 Å². The Morgan fingerprint density at radius 1 is 0.909 bits per heavy atom. The van der Waals surface area contributed by atoms with E-state index in [-0.39, 0.29) is 16.7 Å². The highest BCUT2D eigenvalue weighted by atomic mass is 32.2. The van der Waals surface area contributed by atoms with Crippen molar-refractivity contribution in [3.63, 3.8) is 0 Å². The lowest BCUT2D eigenvalue weighted by atomic mass is 9.94. The van der Waals surface area contributed by atoms with Gasteiger partial charge in [0.15, 0.2) is 5.84 Å². The highest BCUT2D eigenvalue weighted by Crippen LogP contribution is 2.30. The number of nitrogens with zero attached hydrogens (tertiary/aromatic N) is 2. The quantitative estimate of drug-likeness (QED) is 0.638. The Kier molecular flexibility index (Phi) is 5.72. The molecule has 5 rings (SSSR count).